The summed E-state index contributed by atoms with van der Waals surface area (Å²) >= 11 is 0. The molecule has 1 fully saturated rings. The second-order valence-electron chi connectivity index (χ2n) is 6.29. The van der Waals surface area contributed by atoms with Crippen LogP contribution in [0.2, 0.25) is 0 Å². The van der Waals surface area contributed by atoms with E-state index in [0.717, 1.165) is 19.8 Å². The highest BCUT2D eigenvalue weighted by atomic mass is 19.3. The summed E-state index contributed by atoms with van der Waals surface area (Å²) in [6.07, 6.45) is 1.64. The lowest BCUT2D eigenvalue weighted by Gasteiger charge is -2.49. The Morgan fingerprint density at radius 3 is 1.88 bits per heavy atom. The van der Waals surface area contributed by atoms with Crippen molar-refractivity contribution in [2.45, 2.75) is 52.1 Å². The third-order valence-electron chi connectivity index (χ3n) is 3.92. The molecule has 1 heterocycles. The molecular weight excluding hydrogens is 224 g/mol. The van der Waals surface area contributed by atoms with Crippen molar-refractivity contribution in [3.63, 3.8) is 0 Å². The van der Waals surface area contributed by atoms with Gasteiger partial charge in [0.25, 0.3) is 5.92 Å². The molecule has 0 unspecified atom stereocenters. The average Bonchev–Trinajstić information content (AvgIpc) is 2.15. The van der Waals surface area contributed by atoms with Gasteiger partial charge in [0.1, 0.15) is 0 Å². The lowest BCUT2D eigenvalue weighted by molar-refractivity contribution is -0.134. The van der Waals surface area contributed by atoms with Crippen molar-refractivity contribution in [3.05, 3.63) is 0 Å². The SMILES string of the molecule is COC1(C(C)(C)C)CCN(CC(C)(F)F)CC1. The molecule has 0 bridgehead atoms. The molecule has 1 aliphatic heterocycles. The van der Waals surface area contributed by atoms with Gasteiger partial charge in [-0.3, -0.25) is 4.90 Å². The summed E-state index contributed by atoms with van der Waals surface area (Å²) in [7, 11) is 1.73. The quantitative estimate of drug-likeness (QED) is 0.761. The molecule has 0 aromatic carbocycles. The number of piperidine rings is 1. The van der Waals surface area contributed by atoms with E-state index in [1.165, 1.54) is 0 Å². The van der Waals surface area contributed by atoms with Crippen molar-refractivity contribution < 1.29 is 13.5 Å². The molecule has 0 aromatic heterocycles. The van der Waals surface area contributed by atoms with Gasteiger partial charge >= 0.3 is 0 Å². The lowest BCUT2D eigenvalue weighted by atomic mass is 9.70. The van der Waals surface area contributed by atoms with Crippen LogP contribution in [-0.2, 0) is 4.74 Å². The molecule has 17 heavy (non-hydrogen) atoms. The van der Waals surface area contributed by atoms with Gasteiger partial charge in [0.2, 0.25) is 0 Å². The van der Waals surface area contributed by atoms with Gasteiger partial charge in [-0.05, 0) is 18.3 Å². The Hall–Kier alpha value is -0.220. The van der Waals surface area contributed by atoms with Crippen LogP contribution in [-0.4, -0.2) is 43.2 Å². The van der Waals surface area contributed by atoms with Crippen molar-refractivity contribution >= 4 is 0 Å². The van der Waals surface area contributed by atoms with Gasteiger partial charge in [-0.15, -0.1) is 0 Å². The van der Waals surface area contributed by atoms with Gasteiger partial charge in [-0.1, -0.05) is 20.8 Å². The largest absolute Gasteiger partial charge is 0.378 e. The molecule has 0 saturated carbocycles. The summed E-state index contributed by atoms with van der Waals surface area (Å²) in [6, 6.07) is 0. The fraction of sp³-hybridized carbons (Fsp3) is 1.00. The minimum absolute atomic E-state index is 0.0442. The maximum absolute atomic E-state index is 12.9. The van der Waals surface area contributed by atoms with Crippen molar-refractivity contribution in [1.29, 1.82) is 0 Å². The van der Waals surface area contributed by atoms with Crippen LogP contribution >= 0.6 is 0 Å². The lowest BCUT2D eigenvalue weighted by Crippen LogP contribution is -2.54. The fourth-order valence-electron chi connectivity index (χ4n) is 2.73. The van der Waals surface area contributed by atoms with E-state index in [9.17, 15) is 8.78 Å². The normalized spacial score (nSPS) is 22.8. The van der Waals surface area contributed by atoms with Crippen LogP contribution in [0.25, 0.3) is 0 Å². The molecule has 1 saturated heterocycles. The van der Waals surface area contributed by atoms with E-state index in [1.54, 1.807) is 7.11 Å². The van der Waals surface area contributed by atoms with Crippen molar-refractivity contribution in [2.75, 3.05) is 26.7 Å². The fourth-order valence-corrected chi connectivity index (χ4v) is 2.73. The van der Waals surface area contributed by atoms with Gasteiger partial charge in [0.15, 0.2) is 0 Å². The Morgan fingerprint density at radius 1 is 1.12 bits per heavy atom. The Labute approximate surface area is 103 Å². The topological polar surface area (TPSA) is 12.5 Å². The molecule has 102 valence electrons. The standard InChI is InChI=1S/C13H25F2NO/c1-11(2,3)13(17-5)6-8-16(9-7-13)10-12(4,14)15/h6-10H2,1-5H3. The predicted octanol–water partition coefficient (Wildman–Crippen LogP) is 3.17. The highest BCUT2D eigenvalue weighted by Gasteiger charge is 2.45. The molecular formula is C13H25F2NO. The van der Waals surface area contributed by atoms with Crippen LogP contribution in [0.1, 0.15) is 40.5 Å². The second-order valence-corrected chi connectivity index (χ2v) is 6.29. The first kappa shape index (κ1) is 14.8. The zero-order valence-electron chi connectivity index (χ0n) is 11.6. The third-order valence-corrected chi connectivity index (χ3v) is 3.92. The molecule has 0 atom stereocenters. The Balaban J connectivity index is 2.60. The van der Waals surface area contributed by atoms with E-state index >= 15 is 0 Å². The molecule has 0 amide bonds. The second kappa shape index (κ2) is 4.81. The summed E-state index contributed by atoms with van der Waals surface area (Å²) in [6.45, 7) is 8.68. The van der Waals surface area contributed by atoms with Gasteiger partial charge in [0.05, 0.1) is 12.1 Å². The van der Waals surface area contributed by atoms with E-state index in [4.69, 9.17) is 4.74 Å². The maximum Gasteiger partial charge on any atom is 0.257 e. The zero-order valence-corrected chi connectivity index (χ0v) is 11.6. The molecule has 0 N–H and O–H groups in total. The Kier molecular flexibility index (Phi) is 4.20. The highest BCUT2D eigenvalue weighted by Crippen LogP contribution is 2.41. The molecule has 0 aromatic rings. The van der Waals surface area contributed by atoms with Crippen LogP contribution in [0.15, 0.2) is 0 Å². The number of halogens is 2. The Morgan fingerprint density at radius 2 is 1.59 bits per heavy atom. The maximum atomic E-state index is 12.9. The van der Waals surface area contributed by atoms with Gasteiger partial charge in [-0.25, -0.2) is 8.78 Å². The number of alkyl halides is 2. The summed E-state index contributed by atoms with van der Waals surface area (Å²) in [5.74, 6) is -2.60. The van der Waals surface area contributed by atoms with Crippen molar-refractivity contribution in [2.24, 2.45) is 5.41 Å². The molecule has 0 spiro atoms. The number of methoxy groups -OCH3 is 1. The van der Waals surface area contributed by atoms with Crippen LogP contribution < -0.4 is 0 Å². The van der Waals surface area contributed by atoms with E-state index in [1.807, 2.05) is 4.90 Å². The molecule has 4 heteroatoms. The molecule has 1 rings (SSSR count). The first-order chi connectivity index (χ1) is 7.60. The first-order valence-corrected chi connectivity index (χ1v) is 6.25. The van der Waals surface area contributed by atoms with Crippen molar-refractivity contribution in [1.82, 2.24) is 4.90 Å². The third kappa shape index (κ3) is 3.62. The monoisotopic (exact) mass is 249 g/mol. The summed E-state index contributed by atoms with van der Waals surface area (Å²) in [4.78, 5) is 1.84. The summed E-state index contributed by atoms with van der Waals surface area (Å²) in [5.41, 5.74) is -0.130. The number of hydrogen-bond acceptors (Lipinski definition) is 2. The van der Waals surface area contributed by atoms with E-state index < -0.39 is 5.92 Å². The van der Waals surface area contributed by atoms with E-state index in [0.29, 0.717) is 13.1 Å². The van der Waals surface area contributed by atoms with E-state index in [2.05, 4.69) is 20.8 Å². The van der Waals surface area contributed by atoms with Crippen LogP contribution in [0, 0.1) is 5.41 Å². The number of rotatable bonds is 3. The highest BCUT2D eigenvalue weighted by molar-refractivity contribution is 4.96. The summed E-state index contributed by atoms with van der Waals surface area (Å²) < 4.78 is 31.6. The molecule has 0 aliphatic carbocycles. The van der Waals surface area contributed by atoms with Crippen LogP contribution in [0.4, 0.5) is 8.78 Å². The number of ether oxygens (including phenoxy) is 1. The van der Waals surface area contributed by atoms with Crippen LogP contribution in [0.3, 0.4) is 0 Å². The minimum Gasteiger partial charge on any atom is -0.378 e. The molecule has 0 radical (unpaired) electrons. The number of likely N-dealkylation sites (tertiary alicyclic amines) is 1. The van der Waals surface area contributed by atoms with E-state index in [-0.39, 0.29) is 17.6 Å². The van der Waals surface area contributed by atoms with Crippen molar-refractivity contribution in [3.8, 4) is 0 Å². The summed E-state index contributed by atoms with van der Waals surface area (Å²) in [5, 5.41) is 0. The van der Waals surface area contributed by atoms with Gasteiger partial charge in [0, 0.05) is 27.1 Å². The first-order valence-electron chi connectivity index (χ1n) is 6.25. The predicted molar refractivity (Wildman–Crippen MR) is 65.5 cm³/mol. The van der Waals surface area contributed by atoms with Gasteiger partial charge in [-0.2, -0.15) is 0 Å². The minimum atomic E-state index is -2.60. The molecule has 2 nitrogen and oxygen atoms in total. The average molecular weight is 249 g/mol. The van der Waals surface area contributed by atoms with Crippen LogP contribution in [0.5, 0.6) is 0 Å². The number of hydrogen-bond donors (Lipinski definition) is 0. The number of nitrogens with zero attached hydrogens (tertiary/aromatic N) is 1. The smallest absolute Gasteiger partial charge is 0.257 e. The zero-order chi connectivity index (χ0) is 13.3. The molecule has 1 aliphatic rings. The van der Waals surface area contributed by atoms with Gasteiger partial charge < -0.3 is 4.74 Å². The Bertz CT molecular complexity index is 247.